The van der Waals surface area contributed by atoms with Crippen molar-refractivity contribution in [2.45, 2.75) is 0 Å². The van der Waals surface area contributed by atoms with E-state index in [9.17, 15) is 14.4 Å². The van der Waals surface area contributed by atoms with E-state index in [0.717, 1.165) is 0 Å². The van der Waals surface area contributed by atoms with Gasteiger partial charge in [0, 0.05) is 39.1 Å². The third-order valence-corrected chi connectivity index (χ3v) is 4.44. The normalized spacial score (nSPS) is 11.9. The predicted molar refractivity (Wildman–Crippen MR) is 102 cm³/mol. The molecule has 0 spiro atoms. The van der Waals surface area contributed by atoms with Crippen LogP contribution in [0.15, 0.2) is 66.7 Å². The maximum absolute atomic E-state index is 12.8. The molecular weight excluding hydrogens is 338 g/mol. The van der Waals surface area contributed by atoms with Gasteiger partial charge in [-0.2, -0.15) is 0 Å². The first-order chi connectivity index (χ1) is 13.1. The molecule has 4 nitrogen and oxygen atoms in total. The fraction of sp³-hybridized carbons (Fsp3) is 0. The molecule has 2 N–H and O–H groups in total. The minimum atomic E-state index is -0.347. The van der Waals surface area contributed by atoms with Gasteiger partial charge < -0.3 is 5.73 Å². The molecule has 0 atom stereocenters. The standard InChI is InChI=1S/C23H13NO3/c24-20-13-19-18(22(26)16-8-4-5-9-17(16)23(19)27)12-15(20)10-11-21(25)14-6-2-1-3-7-14/h1-9,12-13H,24H2. The van der Waals surface area contributed by atoms with Gasteiger partial charge in [-0.25, -0.2) is 0 Å². The summed E-state index contributed by atoms with van der Waals surface area (Å²) in [6.07, 6.45) is 0. The maximum Gasteiger partial charge on any atom is 0.236 e. The number of hydrogen-bond acceptors (Lipinski definition) is 4. The highest BCUT2D eigenvalue weighted by Crippen LogP contribution is 2.30. The lowest BCUT2D eigenvalue weighted by atomic mass is 9.83. The number of hydrogen-bond donors (Lipinski definition) is 1. The quantitative estimate of drug-likeness (QED) is 0.324. The second-order valence-electron chi connectivity index (χ2n) is 6.13. The van der Waals surface area contributed by atoms with Crippen molar-refractivity contribution >= 4 is 23.0 Å². The molecule has 4 heteroatoms. The highest BCUT2D eigenvalue weighted by molar-refractivity contribution is 6.28. The van der Waals surface area contributed by atoms with E-state index in [4.69, 9.17) is 5.73 Å². The van der Waals surface area contributed by atoms with Crippen LogP contribution in [0.1, 0.15) is 47.8 Å². The molecule has 0 bridgehead atoms. The van der Waals surface area contributed by atoms with Gasteiger partial charge in [0.25, 0.3) is 0 Å². The van der Waals surface area contributed by atoms with Gasteiger partial charge >= 0.3 is 0 Å². The minimum absolute atomic E-state index is 0.244. The topological polar surface area (TPSA) is 77.2 Å². The SMILES string of the molecule is Nc1cc2c(cc1C#CC(=O)c1ccccc1)C(=O)c1ccccc1C2=O. The first-order valence-electron chi connectivity index (χ1n) is 8.29. The smallest absolute Gasteiger partial charge is 0.236 e. The van der Waals surface area contributed by atoms with Gasteiger partial charge in [-0.1, -0.05) is 60.5 Å². The van der Waals surface area contributed by atoms with Gasteiger partial charge in [0.05, 0.1) is 0 Å². The third-order valence-electron chi connectivity index (χ3n) is 4.44. The van der Waals surface area contributed by atoms with E-state index < -0.39 is 0 Å². The fourth-order valence-corrected chi connectivity index (χ4v) is 3.06. The largest absolute Gasteiger partial charge is 0.398 e. The summed E-state index contributed by atoms with van der Waals surface area (Å²) in [5, 5.41) is 0. The lowest BCUT2D eigenvalue weighted by Gasteiger charge is -2.18. The van der Waals surface area contributed by atoms with Crippen LogP contribution >= 0.6 is 0 Å². The van der Waals surface area contributed by atoms with Crippen LogP contribution < -0.4 is 5.73 Å². The van der Waals surface area contributed by atoms with E-state index in [1.165, 1.54) is 12.1 Å². The summed E-state index contributed by atoms with van der Waals surface area (Å²) >= 11 is 0. The van der Waals surface area contributed by atoms with Crippen LogP contribution in [0, 0.1) is 11.8 Å². The van der Waals surface area contributed by atoms with Crippen molar-refractivity contribution in [3.8, 4) is 11.8 Å². The molecular formula is C23H13NO3. The van der Waals surface area contributed by atoms with E-state index in [-0.39, 0.29) is 34.2 Å². The molecule has 4 rings (SSSR count). The number of fused-ring (bicyclic) bond motifs is 2. The summed E-state index contributed by atoms with van der Waals surface area (Å²) in [6, 6.07) is 18.3. The monoisotopic (exact) mass is 351 g/mol. The Balaban J connectivity index is 1.77. The fourth-order valence-electron chi connectivity index (χ4n) is 3.06. The molecule has 0 aromatic heterocycles. The second-order valence-corrected chi connectivity index (χ2v) is 6.13. The zero-order valence-electron chi connectivity index (χ0n) is 14.2. The molecule has 1 aliphatic carbocycles. The molecule has 0 unspecified atom stereocenters. The molecule has 1 aliphatic rings. The summed E-state index contributed by atoms with van der Waals surface area (Å²) < 4.78 is 0. The van der Waals surface area contributed by atoms with Crippen molar-refractivity contribution in [3.63, 3.8) is 0 Å². The molecule has 0 fully saturated rings. The number of ketones is 3. The highest BCUT2D eigenvalue weighted by Gasteiger charge is 2.30. The molecule has 0 saturated carbocycles. The second kappa shape index (κ2) is 6.40. The molecule has 128 valence electrons. The van der Waals surface area contributed by atoms with Gasteiger partial charge in [0.1, 0.15) is 0 Å². The Kier molecular flexibility index (Phi) is 3.91. The Bertz CT molecular complexity index is 1180. The number of anilines is 1. The minimum Gasteiger partial charge on any atom is -0.398 e. The average molecular weight is 351 g/mol. The lowest BCUT2D eigenvalue weighted by Crippen LogP contribution is -2.21. The van der Waals surface area contributed by atoms with E-state index in [0.29, 0.717) is 22.3 Å². The lowest BCUT2D eigenvalue weighted by molar-refractivity contribution is 0.0979. The summed E-state index contributed by atoms with van der Waals surface area (Å²) in [6.45, 7) is 0. The Morgan fingerprint density at radius 1 is 0.741 bits per heavy atom. The van der Waals surface area contributed by atoms with Gasteiger partial charge in [0.15, 0.2) is 11.6 Å². The van der Waals surface area contributed by atoms with E-state index >= 15 is 0 Å². The van der Waals surface area contributed by atoms with E-state index in [1.807, 2.05) is 6.07 Å². The first-order valence-corrected chi connectivity index (χ1v) is 8.29. The van der Waals surface area contributed by atoms with Gasteiger partial charge in [0.2, 0.25) is 5.78 Å². The van der Waals surface area contributed by atoms with Crippen LogP contribution in [0.25, 0.3) is 0 Å². The van der Waals surface area contributed by atoms with Crippen molar-refractivity contribution in [3.05, 3.63) is 100 Å². The molecule has 0 saturated heterocycles. The number of carbonyl (C=O) groups is 3. The Labute approximate surface area is 155 Å². The van der Waals surface area contributed by atoms with Crippen LogP contribution in [0.2, 0.25) is 0 Å². The van der Waals surface area contributed by atoms with Crippen molar-refractivity contribution < 1.29 is 14.4 Å². The Hall–Kier alpha value is -3.97. The Morgan fingerprint density at radius 2 is 1.30 bits per heavy atom. The van der Waals surface area contributed by atoms with Crippen LogP contribution in [0.5, 0.6) is 0 Å². The van der Waals surface area contributed by atoms with Crippen molar-refractivity contribution in [2.24, 2.45) is 0 Å². The molecule has 3 aromatic carbocycles. The van der Waals surface area contributed by atoms with Crippen molar-refractivity contribution in [1.82, 2.24) is 0 Å². The van der Waals surface area contributed by atoms with Crippen LogP contribution in [0.4, 0.5) is 5.69 Å². The summed E-state index contributed by atoms with van der Waals surface area (Å²) in [7, 11) is 0. The molecule has 0 amide bonds. The molecule has 27 heavy (non-hydrogen) atoms. The van der Waals surface area contributed by atoms with Crippen molar-refractivity contribution in [1.29, 1.82) is 0 Å². The number of nitrogens with two attached hydrogens (primary N) is 1. The number of Topliss-reactive ketones (excluding diaryl/α,β-unsaturated/α-hetero) is 1. The maximum atomic E-state index is 12.8. The summed E-state index contributed by atoms with van der Waals surface area (Å²) in [5.74, 6) is 4.43. The molecule has 3 aromatic rings. The molecule has 0 radical (unpaired) electrons. The van der Waals surface area contributed by atoms with Crippen LogP contribution in [0.3, 0.4) is 0 Å². The van der Waals surface area contributed by atoms with E-state index in [1.54, 1.807) is 48.5 Å². The average Bonchev–Trinajstić information content (AvgIpc) is 2.71. The number of benzene rings is 3. The van der Waals surface area contributed by atoms with Crippen LogP contribution in [-0.4, -0.2) is 17.3 Å². The van der Waals surface area contributed by atoms with Crippen LogP contribution in [-0.2, 0) is 0 Å². The van der Waals surface area contributed by atoms with Gasteiger partial charge in [-0.05, 0) is 18.1 Å². The van der Waals surface area contributed by atoms with Gasteiger partial charge in [-0.3, -0.25) is 14.4 Å². The molecule has 0 heterocycles. The summed E-state index contributed by atoms with van der Waals surface area (Å²) in [4.78, 5) is 37.6. The highest BCUT2D eigenvalue weighted by atomic mass is 16.1. The number of rotatable bonds is 1. The number of carbonyl (C=O) groups excluding carboxylic acids is 3. The summed E-state index contributed by atoms with van der Waals surface area (Å²) in [5.41, 5.74) is 8.33. The Morgan fingerprint density at radius 3 is 1.93 bits per heavy atom. The third kappa shape index (κ3) is 2.82. The first kappa shape index (κ1) is 16.5. The zero-order valence-corrected chi connectivity index (χ0v) is 14.2. The van der Waals surface area contributed by atoms with Gasteiger partial charge in [-0.15, -0.1) is 0 Å². The zero-order chi connectivity index (χ0) is 19.0. The molecule has 0 aliphatic heterocycles. The van der Waals surface area contributed by atoms with Crippen molar-refractivity contribution in [2.75, 3.05) is 5.73 Å². The number of nitrogen functional groups attached to an aromatic ring is 1. The van der Waals surface area contributed by atoms with E-state index in [2.05, 4.69) is 11.8 Å². The predicted octanol–water partition coefficient (Wildman–Crippen LogP) is 3.28.